The van der Waals surface area contributed by atoms with Gasteiger partial charge in [-0.1, -0.05) is 38.2 Å². The predicted molar refractivity (Wildman–Crippen MR) is 91.0 cm³/mol. The Morgan fingerprint density at radius 3 is 2.38 bits per heavy atom. The standard InChI is InChI=1S/C18H35N3/c1-2-3-4-5-7-12-17(20-19)18(13-8-9-14-18)21-15-10-6-11-16-21/h2,17,20H,1,3-16,19H2. The number of rotatable bonds is 9. The van der Waals surface area contributed by atoms with Crippen LogP contribution in [0.15, 0.2) is 12.7 Å². The molecule has 2 fully saturated rings. The molecule has 1 atom stereocenters. The maximum absolute atomic E-state index is 5.99. The first-order valence-electron chi connectivity index (χ1n) is 9.15. The van der Waals surface area contributed by atoms with E-state index in [9.17, 15) is 0 Å². The molecule has 0 aromatic rings. The summed E-state index contributed by atoms with van der Waals surface area (Å²) in [5.74, 6) is 5.99. The lowest BCUT2D eigenvalue weighted by atomic mass is 9.82. The van der Waals surface area contributed by atoms with E-state index in [4.69, 9.17) is 5.84 Å². The molecule has 122 valence electrons. The molecule has 0 aromatic heterocycles. The normalized spacial score (nSPS) is 24.0. The van der Waals surface area contributed by atoms with Crippen molar-refractivity contribution in [2.45, 2.75) is 88.6 Å². The summed E-state index contributed by atoms with van der Waals surface area (Å²) in [6, 6.07) is 0.474. The van der Waals surface area contributed by atoms with Crippen LogP contribution >= 0.6 is 0 Å². The van der Waals surface area contributed by atoms with E-state index < -0.39 is 0 Å². The van der Waals surface area contributed by atoms with Gasteiger partial charge in [0.25, 0.3) is 0 Å². The predicted octanol–water partition coefficient (Wildman–Crippen LogP) is 3.75. The van der Waals surface area contributed by atoms with Crippen molar-refractivity contribution in [3.05, 3.63) is 12.7 Å². The van der Waals surface area contributed by atoms with Crippen molar-refractivity contribution < 1.29 is 0 Å². The van der Waals surface area contributed by atoms with E-state index in [1.165, 1.54) is 83.7 Å². The molecule has 1 aliphatic heterocycles. The summed E-state index contributed by atoms with van der Waals surface area (Å²) in [4.78, 5) is 2.79. The maximum Gasteiger partial charge on any atom is 0.0394 e. The lowest BCUT2D eigenvalue weighted by Gasteiger charge is -2.48. The van der Waals surface area contributed by atoms with Crippen molar-refractivity contribution in [2.75, 3.05) is 13.1 Å². The number of hydrazine groups is 1. The van der Waals surface area contributed by atoms with Crippen LogP contribution in [0, 0.1) is 0 Å². The molecule has 21 heavy (non-hydrogen) atoms. The van der Waals surface area contributed by atoms with Crippen molar-refractivity contribution in [3.63, 3.8) is 0 Å². The topological polar surface area (TPSA) is 41.3 Å². The quantitative estimate of drug-likeness (QED) is 0.294. The summed E-state index contributed by atoms with van der Waals surface area (Å²) in [5, 5.41) is 0. The molecule has 1 saturated carbocycles. The van der Waals surface area contributed by atoms with Gasteiger partial charge in [0.15, 0.2) is 0 Å². The van der Waals surface area contributed by atoms with Crippen LogP contribution in [0.25, 0.3) is 0 Å². The van der Waals surface area contributed by atoms with E-state index in [1.807, 2.05) is 6.08 Å². The van der Waals surface area contributed by atoms with E-state index in [2.05, 4.69) is 16.9 Å². The number of hydrogen-bond donors (Lipinski definition) is 2. The SMILES string of the molecule is C=CCCCCCC(NN)C1(N2CCCCC2)CCCC1. The molecule has 1 heterocycles. The van der Waals surface area contributed by atoms with Gasteiger partial charge in [-0.25, -0.2) is 0 Å². The van der Waals surface area contributed by atoms with E-state index in [1.54, 1.807) is 0 Å². The van der Waals surface area contributed by atoms with Gasteiger partial charge in [-0.05, 0) is 58.0 Å². The number of nitrogens with two attached hydrogens (primary N) is 1. The highest BCUT2D eigenvalue weighted by molar-refractivity contribution is 5.03. The molecule has 3 N–H and O–H groups in total. The van der Waals surface area contributed by atoms with Crippen LogP contribution in [-0.4, -0.2) is 29.6 Å². The molecule has 0 aromatic carbocycles. The highest BCUT2D eigenvalue weighted by Crippen LogP contribution is 2.40. The molecule has 3 heteroatoms. The van der Waals surface area contributed by atoms with Crippen molar-refractivity contribution in [3.8, 4) is 0 Å². The highest BCUT2D eigenvalue weighted by Gasteiger charge is 2.45. The Morgan fingerprint density at radius 2 is 1.76 bits per heavy atom. The molecule has 1 saturated heterocycles. The summed E-state index contributed by atoms with van der Waals surface area (Å²) >= 11 is 0. The van der Waals surface area contributed by atoms with Crippen LogP contribution in [0.2, 0.25) is 0 Å². The minimum absolute atomic E-state index is 0.355. The Balaban J connectivity index is 1.92. The van der Waals surface area contributed by atoms with Crippen LogP contribution < -0.4 is 11.3 Å². The minimum Gasteiger partial charge on any atom is -0.296 e. The lowest BCUT2D eigenvalue weighted by Crippen LogP contribution is -2.62. The van der Waals surface area contributed by atoms with E-state index in [0.29, 0.717) is 11.6 Å². The fourth-order valence-electron chi connectivity index (χ4n) is 4.53. The maximum atomic E-state index is 5.99. The molecule has 3 nitrogen and oxygen atoms in total. The fourth-order valence-corrected chi connectivity index (χ4v) is 4.53. The largest absolute Gasteiger partial charge is 0.296 e. The Kier molecular flexibility index (Phi) is 7.21. The number of likely N-dealkylation sites (tertiary alicyclic amines) is 1. The van der Waals surface area contributed by atoms with Gasteiger partial charge in [-0.3, -0.25) is 16.2 Å². The fraction of sp³-hybridized carbons (Fsp3) is 0.889. The van der Waals surface area contributed by atoms with Crippen LogP contribution in [0.4, 0.5) is 0 Å². The third-order valence-electron chi connectivity index (χ3n) is 5.71. The average molecular weight is 293 g/mol. The smallest absolute Gasteiger partial charge is 0.0394 e. The lowest BCUT2D eigenvalue weighted by molar-refractivity contribution is 0.0331. The second kappa shape index (κ2) is 8.92. The third kappa shape index (κ3) is 4.30. The van der Waals surface area contributed by atoms with E-state index in [-0.39, 0.29) is 0 Å². The van der Waals surface area contributed by atoms with Crippen molar-refractivity contribution >= 4 is 0 Å². The van der Waals surface area contributed by atoms with E-state index in [0.717, 1.165) is 6.42 Å². The second-order valence-corrected chi connectivity index (χ2v) is 7.00. The number of unbranched alkanes of at least 4 members (excludes halogenated alkanes) is 3. The molecule has 2 rings (SSSR count). The number of piperidine rings is 1. The van der Waals surface area contributed by atoms with Crippen LogP contribution in [0.5, 0.6) is 0 Å². The first-order valence-corrected chi connectivity index (χ1v) is 9.15. The van der Waals surface area contributed by atoms with E-state index >= 15 is 0 Å². The summed E-state index contributed by atoms with van der Waals surface area (Å²) in [6.45, 7) is 6.38. The molecule has 0 radical (unpaired) electrons. The van der Waals surface area contributed by atoms with Crippen molar-refractivity contribution in [1.82, 2.24) is 10.3 Å². The first kappa shape index (κ1) is 17.0. The monoisotopic (exact) mass is 293 g/mol. The Labute approximate surface area is 131 Å². The van der Waals surface area contributed by atoms with Gasteiger partial charge in [0, 0.05) is 11.6 Å². The molecule has 1 aliphatic carbocycles. The molecule has 1 unspecified atom stereocenters. The second-order valence-electron chi connectivity index (χ2n) is 7.00. The summed E-state index contributed by atoms with van der Waals surface area (Å²) in [7, 11) is 0. The van der Waals surface area contributed by atoms with Gasteiger partial charge < -0.3 is 0 Å². The minimum atomic E-state index is 0.355. The Hall–Kier alpha value is -0.380. The summed E-state index contributed by atoms with van der Waals surface area (Å²) in [6.07, 6.45) is 17.9. The van der Waals surface area contributed by atoms with Crippen LogP contribution in [0.3, 0.4) is 0 Å². The van der Waals surface area contributed by atoms with Gasteiger partial charge in [0.05, 0.1) is 0 Å². The molecule has 0 spiro atoms. The number of nitrogens with zero attached hydrogens (tertiary/aromatic N) is 1. The van der Waals surface area contributed by atoms with Crippen molar-refractivity contribution in [1.29, 1.82) is 0 Å². The highest BCUT2D eigenvalue weighted by atomic mass is 15.3. The van der Waals surface area contributed by atoms with Gasteiger partial charge in [0.2, 0.25) is 0 Å². The van der Waals surface area contributed by atoms with Crippen LogP contribution in [0.1, 0.15) is 77.0 Å². The zero-order chi connectivity index (χ0) is 15.0. The van der Waals surface area contributed by atoms with Gasteiger partial charge in [0.1, 0.15) is 0 Å². The number of nitrogens with one attached hydrogen (secondary N) is 1. The molecule has 0 amide bonds. The van der Waals surface area contributed by atoms with Crippen LogP contribution in [-0.2, 0) is 0 Å². The Morgan fingerprint density at radius 1 is 1.05 bits per heavy atom. The molecular weight excluding hydrogens is 258 g/mol. The number of hydrogen-bond acceptors (Lipinski definition) is 3. The third-order valence-corrected chi connectivity index (χ3v) is 5.71. The molecule has 0 bridgehead atoms. The zero-order valence-corrected chi connectivity index (χ0v) is 13.8. The van der Waals surface area contributed by atoms with Gasteiger partial charge >= 0.3 is 0 Å². The molecule has 2 aliphatic rings. The molecular formula is C18H35N3. The summed E-state index contributed by atoms with van der Waals surface area (Å²) in [5.41, 5.74) is 3.57. The number of allylic oxidation sites excluding steroid dienone is 1. The van der Waals surface area contributed by atoms with Crippen molar-refractivity contribution in [2.24, 2.45) is 5.84 Å². The van der Waals surface area contributed by atoms with Gasteiger partial charge in [-0.2, -0.15) is 0 Å². The summed E-state index contributed by atoms with van der Waals surface area (Å²) < 4.78 is 0. The zero-order valence-electron chi connectivity index (χ0n) is 13.8. The Bertz CT molecular complexity index is 291. The average Bonchev–Trinajstić information content (AvgIpc) is 3.02. The van der Waals surface area contributed by atoms with Gasteiger partial charge in [-0.15, -0.1) is 6.58 Å². The first-order chi connectivity index (χ1) is 10.3.